The Bertz CT molecular complexity index is 682. The third-order valence-electron chi connectivity index (χ3n) is 3.45. The van der Waals surface area contributed by atoms with Crippen LogP contribution in [0.2, 0.25) is 0 Å². The van der Waals surface area contributed by atoms with Gasteiger partial charge < -0.3 is 9.84 Å². The first kappa shape index (κ1) is 17.0. The van der Waals surface area contributed by atoms with Gasteiger partial charge in [0.2, 0.25) is 0 Å². The Balaban J connectivity index is 1.97. The van der Waals surface area contributed by atoms with Crippen LogP contribution in [0.3, 0.4) is 0 Å². The number of aliphatic hydroxyl groups excluding tert-OH is 1. The van der Waals surface area contributed by atoms with Crippen molar-refractivity contribution in [2.24, 2.45) is 0 Å². The van der Waals surface area contributed by atoms with Crippen LogP contribution in [0.4, 0.5) is 5.69 Å². The van der Waals surface area contributed by atoms with Crippen molar-refractivity contribution in [1.82, 2.24) is 9.78 Å². The summed E-state index contributed by atoms with van der Waals surface area (Å²) in [6, 6.07) is 6.00. The molecule has 0 saturated carbocycles. The zero-order valence-electron chi connectivity index (χ0n) is 13.5. The summed E-state index contributed by atoms with van der Waals surface area (Å²) in [5, 5.41) is 24.5. The fraction of sp³-hybridized carbons (Fsp3) is 0.438. The van der Waals surface area contributed by atoms with Gasteiger partial charge in [-0.25, -0.2) is 0 Å². The van der Waals surface area contributed by atoms with Gasteiger partial charge >= 0.3 is 5.69 Å². The lowest BCUT2D eigenvalue weighted by atomic mass is 10.0. The summed E-state index contributed by atoms with van der Waals surface area (Å²) in [5.74, 6) is 1.07. The standard InChI is InChI=1S/C16H21N3O4/c1-11(2)15-5-4-12(3)6-16(15)23-10-14(20)9-18-8-13(7-17-18)19(21)22/h4-8,11,14,20H,9-10H2,1-3H3. The second kappa shape index (κ2) is 7.23. The number of nitrogens with zero attached hydrogens (tertiary/aromatic N) is 3. The highest BCUT2D eigenvalue weighted by Gasteiger charge is 2.14. The van der Waals surface area contributed by atoms with Gasteiger partial charge in [-0.15, -0.1) is 0 Å². The predicted molar refractivity (Wildman–Crippen MR) is 85.7 cm³/mol. The zero-order valence-corrected chi connectivity index (χ0v) is 13.5. The van der Waals surface area contributed by atoms with Crippen LogP contribution < -0.4 is 4.74 Å². The number of nitro groups is 1. The number of benzene rings is 1. The van der Waals surface area contributed by atoms with Crippen LogP contribution in [0.25, 0.3) is 0 Å². The van der Waals surface area contributed by atoms with Gasteiger partial charge in [0, 0.05) is 0 Å². The lowest BCUT2D eigenvalue weighted by molar-refractivity contribution is -0.385. The van der Waals surface area contributed by atoms with Crippen molar-refractivity contribution in [3.05, 3.63) is 51.8 Å². The normalized spacial score (nSPS) is 12.4. The maximum atomic E-state index is 10.6. The van der Waals surface area contributed by atoms with E-state index in [0.717, 1.165) is 23.1 Å². The highest BCUT2D eigenvalue weighted by molar-refractivity contribution is 5.39. The molecule has 1 aromatic carbocycles. The number of aryl methyl sites for hydroxylation is 1. The summed E-state index contributed by atoms with van der Waals surface area (Å²) in [7, 11) is 0. The maximum Gasteiger partial charge on any atom is 0.306 e. The second-order valence-electron chi connectivity index (χ2n) is 5.84. The SMILES string of the molecule is Cc1ccc(C(C)C)c(OCC(O)Cn2cc([N+](=O)[O-])cn2)c1. The Labute approximate surface area is 134 Å². The molecule has 2 aromatic rings. The molecule has 2 rings (SSSR count). The first-order valence-electron chi connectivity index (χ1n) is 7.45. The summed E-state index contributed by atoms with van der Waals surface area (Å²) in [4.78, 5) is 10.1. The van der Waals surface area contributed by atoms with E-state index >= 15 is 0 Å². The number of aromatic nitrogens is 2. The molecule has 1 N–H and O–H groups in total. The summed E-state index contributed by atoms with van der Waals surface area (Å²) in [6.45, 7) is 6.37. The molecule has 0 fully saturated rings. The van der Waals surface area contributed by atoms with E-state index in [1.807, 2.05) is 25.1 Å². The molecule has 0 saturated heterocycles. The van der Waals surface area contributed by atoms with Crippen LogP contribution in [0, 0.1) is 17.0 Å². The van der Waals surface area contributed by atoms with E-state index in [2.05, 4.69) is 18.9 Å². The molecule has 0 aliphatic rings. The number of hydrogen-bond donors (Lipinski definition) is 1. The average Bonchev–Trinajstić information content (AvgIpc) is 2.93. The fourth-order valence-corrected chi connectivity index (χ4v) is 2.24. The lowest BCUT2D eigenvalue weighted by Crippen LogP contribution is -2.24. The summed E-state index contributed by atoms with van der Waals surface area (Å²) < 4.78 is 7.08. The first-order valence-corrected chi connectivity index (χ1v) is 7.45. The highest BCUT2D eigenvalue weighted by Crippen LogP contribution is 2.27. The van der Waals surface area contributed by atoms with Crippen molar-refractivity contribution in [2.45, 2.75) is 39.3 Å². The van der Waals surface area contributed by atoms with Gasteiger partial charge in [-0.1, -0.05) is 26.0 Å². The molecular formula is C16H21N3O4. The van der Waals surface area contributed by atoms with E-state index in [9.17, 15) is 15.2 Å². The monoisotopic (exact) mass is 319 g/mol. The quantitative estimate of drug-likeness (QED) is 0.626. The van der Waals surface area contributed by atoms with Gasteiger partial charge in [-0.3, -0.25) is 14.8 Å². The van der Waals surface area contributed by atoms with Crippen molar-refractivity contribution in [3.63, 3.8) is 0 Å². The Morgan fingerprint density at radius 2 is 2.17 bits per heavy atom. The molecule has 0 aliphatic carbocycles. The van der Waals surface area contributed by atoms with E-state index in [1.165, 1.54) is 10.9 Å². The second-order valence-corrected chi connectivity index (χ2v) is 5.84. The molecule has 7 heteroatoms. The van der Waals surface area contributed by atoms with E-state index < -0.39 is 11.0 Å². The van der Waals surface area contributed by atoms with Crippen molar-refractivity contribution >= 4 is 5.69 Å². The van der Waals surface area contributed by atoms with Crippen LogP contribution in [-0.4, -0.2) is 32.5 Å². The van der Waals surface area contributed by atoms with Crippen molar-refractivity contribution in [1.29, 1.82) is 0 Å². The Morgan fingerprint density at radius 3 is 2.78 bits per heavy atom. The Kier molecular flexibility index (Phi) is 5.33. The molecule has 23 heavy (non-hydrogen) atoms. The predicted octanol–water partition coefficient (Wildman–Crippen LogP) is 2.66. The summed E-state index contributed by atoms with van der Waals surface area (Å²) >= 11 is 0. The van der Waals surface area contributed by atoms with E-state index in [1.54, 1.807) is 0 Å². The molecule has 1 atom stereocenters. The number of hydrogen-bond acceptors (Lipinski definition) is 5. The number of aliphatic hydroxyl groups is 1. The molecule has 0 radical (unpaired) electrons. The van der Waals surface area contributed by atoms with Gasteiger partial charge in [0.15, 0.2) is 0 Å². The molecule has 0 aliphatic heterocycles. The molecule has 1 aromatic heterocycles. The average molecular weight is 319 g/mol. The maximum absolute atomic E-state index is 10.6. The Morgan fingerprint density at radius 1 is 1.43 bits per heavy atom. The van der Waals surface area contributed by atoms with E-state index in [-0.39, 0.29) is 18.8 Å². The van der Waals surface area contributed by atoms with Crippen LogP contribution in [0.1, 0.15) is 30.9 Å². The van der Waals surface area contributed by atoms with E-state index in [4.69, 9.17) is 4.74 Å². The minimum atomic E-state index is -0.810. The largest absolute Gasteiger partial charge is 0.491 e. The third kappa shape index (κ3) is 4.53. The smallest absolute Gasteiger partial charge is 0.306 e. The van der Waals surface area contributed by atoms with Crippen molar-refractivity contribution in [3.8, 4) is 5.75 Å². The minimum absolute atomic E-state index is 0.0941. The third-order valence-corrected chi connectivity index (χ3v) is 3.45. The van der Waals surface area contributed by atoms with Crippen molar-refractivity contribution in [2.75, 3.05) is 6.61 Å². The van der Waals surface area contributed by atoms with Crippen LogP contribution >= 0.6 is 0 Å². The van der Waals surface area contributed by atoms with Crippen LogP contribution in [-0.2, 0) is 6.54 Å². The van der Waals surface area contributed by atoms with Crippen molar-refractivity contribution < 1.29 is 14.8 Å². The highest BCUT2D eigenvalue weighted by atomic mass is 16.6. The number of rotatable bonds is 7. The molecule has 0 spiro atoms. The molecule has 7 nitrogen and oxygen atoms in total. The molecule has 124 valence electrons. The molecular weight excluding hydrogens is 298 g/mol. The van der Waals surface area contributed by atoms with Gasteiger partial charge in [-0.2, -0.15) is 5.10 Å². The zero-order chi connectivity index (χ0) is 17.0. The van der Waals surface area contributed by atoms with Gasteiger partial charge in [0.1, 0.15) is 30.9 Å². The van der Waals surface area contributed by atoms with Gasteiger partial charge in [0.25, 0.3) is 0 Å². The van der Waals surface area contributed by atoms with Gasteiger partial charge in [0.05, 0.1) is 11.5 Å². The minimum Gasteiger partial charge on any atom is -0.491 e. The van der Waals surface area contributed by atoms with Crippen LogP contribution in [0.15, 0.2) is 30.6 Å². The first-order chi connectivity index (χ1) is 10.9. The molecule has 1 unspecified atom stereocenters. The number of ether oxygens (including phenoxy) is 1. The van der Waals surface area contributed by atoms with Gasteiger partial charge in [-0.05, 0) is 30.0 Å². The lowest BCUT2D eigenvalue weighted by Gasteiger charge is -2.17. The molecule has 1 heterocycles. The molecule has 0 bridgehead atoms. The summed E-state index contributed by atoms with van der Waals surface area (Å²) in [6.07, 6.45) is 1.63. The molecule has 0 amide bonds. The topological polar surface area (TPSA) is 90.4 Å². The Hall–Kier alpha value is -2.41. The fourth-order valence-electron chi connectivity index (χ4n) is 2.24. The summed E-state index contributed by atoms with van der Waals surface area (Å²) in [5.41, 5.74) is 2.07. The van der Waals surface area contributed by atoms with Crippen LogP contribution in [0.5, 0.6) is 5.75 Å². The van der Waals surface area contributed by atoms with E-state index in [0.29, 0.717) is 5.92 Å².